The van der Waals surface area contributed by atoms with Gasteiger partial charge in [0.15, 0.2) is 0 Å². The number of rotatable bonds is 7. The van der Waals surface area contributed by atoms with Crippen molar-refractivity contribution in [3.63, 3.8) is 0 Å². The van der Waals surface area contributed by atoms with E-state index in [0.717, 1.165) is 59.1 Å². The maximum atomic E-state index is 8.27. The molecule has 2 fully saturated rings. The Morgan fingerprint density at radius 3 is 1.39 bits per heavy atom. The molecule has 0 radical (unpaired) electrons. The highest BCUT2D eigenvalue weighted by Crippen LogP contribution is 2.64. The summed E-state index contributed by atoms with van der Waals surface area (Å²) in [4.78, 5) is 7.65. The first-order chi connectivity index (χ1) is 32.1. The fourth-order valence-corrected chi connectivity index (χ4v) is 12.7. The number of fused-ring (bicyclic) bond motifs is 4. The van der Waals surface area contributed by atoms with Gasteiger partial charge in [0.25, 0.3) is 0 Å². The van der Waals surface area contributed by atoms with E-state index >= 15 is 0 Å². The van der Waals surface area contributed by atoms with Crippen molar-refractivity contribution in [1.82, 2.24) is 0 Å². The van der Waals surface area contributed by atoms with Crippen molar-refractivity contribution in [2.24, 2.45) is 5.41 Å². The molecule has 5 heteroatoms. The van der Waals surface area contributed by atoms with Crippen LogP contribution in [0.25, 0.3) is 0 Å². The fraction of sp³-hybridized carbons (Fsp3) is 0.500. The summed E-state index contributed by atoms with van der Waals surface area (Å²) in [5.74, 6) is 0. The van der Waals surface area contributed by atoms with Crippen LogP contribution in [0.2, 0.25) is 5.02 Å². The summed E-state index contributed by atoms with van der Waals surface area (Å²) in [6, 6.07) is 39.9. The third kappa shape index (κ3) is 8.21. The standard InChI is InChI=1S/C64H82ClN3O/c1-57(2,3)43-21-27-47(28-22-43)66(48-29-23-44(24-30-48)58(4,5)6)50-33-34-52-51(41-50)61(13)35-17-19-37-63(61,15)68(52)54-40-46(60(10,11)12)39-53(56(54)65)67(49-31-25-45(26-32-49)59(7,8)9)55-42-69-64(16)38-20-18-36-62(55,64)14/h21-34,39-42H,17-20,35-38H2,1-16H3. The largest absolute Gasteiger partial charge is 0.492 e. The van der Waals surface area contributed by atoms with Crippen molar-refractivity contribution in [1.29, 1.82) is 0 Å². The molecular formula is C64H82ClN3O. The number of anilines is 7. The molecule has 0 aromatic heterocycles. The van der Waals surface area contributed by atoms with Gasteiger partial charge in [-0.3, -0.25) is 0 Å². The summed E-state index contributed by atoms with van der Waals surface area (Å²) >= 11 is 8.27. The average Bonchev–Trinajstić information content (AvgIpc) is 3.66. The van der Waals surface area contributed by atoms with Crippen LogP contribution in [0.15, 0.2) is 115 Å². The van der Waals surface area contributed by atoms with Crippen LogP contribution >= 0.6 is 11.6 Å². The van der Waals surface area contributed by atoms with Crippen LogP contribution in [-0.2, 0) is 31.8 Å². The minimum absolute atomic E-state index is 0.0277. The number of ether oxygens (including phenoxy) is 1. The average molecular weight is 945 g/mol. The monoisotopic (exact) mass is 944 g/mol. The highest BCUT2D eigenvalue weighted by Gasteiger charge is 2.59. The summed E-state index contributed by atoms with van der Waals surface area (Å²) in [6.07, 6.45) is 11.1. The zero-order chi connectivity index (χ0) is 49.9. The molecule has 5 aromatic carbocycles. The number of benzene rings is 5. The van der Waals surface area contributed by atoms with Gasteiger partial charge in [-0.25, -0.2) is 0 Å². The van der Waals surface area contributed by atoms with Crippen molar-refractivity contribution in [3.8, 4) is 0 Å². The third-order valence-electron chi connectivity index (χ3n) is 17.7. The predicted octanol–water partition coefficient (Wildman–Crippen LogP) is 19.1. The zero-order valence-corrected chi connectivity index (χ0v) is 45.9. The lowest BCUT2D eigenvalue weighted by molar-refractivity contribution is -0.0518. The number of hydrogen-bond donors (Lipinski definition) is 0. The maximum absolute atomic E-state index is 8.27. The molecule has 4 nitrogen and oxygen atoms in total. The van der Waals surface area contributed by atoms with E-state index in [1.165, 1.54) is 70.6 Å². The minimum atomic E-state index is -0.290. The Morgan fingerprint density at radius 1 is 0.464 bits per heavy atom. The van der Waals surface area contributed by atoms with Crippen LogP contribution in [0.5, 0.6) is 0 Å². The molecule has 69 heavy (non-hydrogen) atoms. The van der Waals surface area contributed by atoms with Gasteiger partial charge in [0.1, 0.15) is 11.9 Å². The second-order valence-electron chi connectivity index (χ2n) is 26.4. The summed E-state index contributed by atoms with van der Waals surface area (Å²) < 4.78 is 6.85. The normalized spacial score (nSPS) is 24.8. The van der Waals surface area contributed by atoms with Crippen molar-refractivity contribution >= 4 is 51.4 Å². The van der Waals surface area contributed by atoms with E-state index in [0.29, 0.717) is 0 Å². The lowest BCUT2D eigenvalue weighted by Crippen LogP contribution is -2.54. The fourth-order valence-electron chi connectivity index (χ4n) is 12.5. The number of hydrogen-bond acceptors (Lipinski definition) is 4. The van der Waals surface area contributed by atoms with Gasteiger partial charge in [0, 0.05) is 33.9 Å². The Labute approximate surface area is 422 Å². The summed E-state index contributed by atoms with van der Waals surface area (Å²) in [7, 11) is 0. The van der Waals surface area contributed by atoms with Crippen LogP contribution in [0.4, 0.5) is 39.8 Å². The van der Waals surface area contributed by atoms with Gasteiger partial charge in [-0.05, 0) is 162 Å². The molecule has 4 aliphatic rings. The molecule has 0 spiro atoms. The molecular weight excluding hydrogens is 862 g/mol. The second kappa shape index (κ2) is 16.7. The molecule has 4 unspecified atom stereocenters. The van der Waals surface area contributed by atoms with E-state index in [1.54, 1.807) is 0 Å². The molecule has 2 aliphatic carbocycles. The van der Waals surface area contributed by atoms with Gasteiger partial charge >= 0.3 is 0 Å². The highest BCUT2D eigenvalue weighted by molar-refractivity contribution is 6.36. The van der Waals surface area contributed by atoms with Gasteiger partial charge in [0.2, 0.25) is 0 Å². The summed E-state index contributed by atoms with van der Waals surface area (Å²) in [5.41, 5.74) is 14.9. The Balaban J connectivity index is 1.25. The first kappa shape index (κ1) is 49.3. The summed E-state index contributed by atoms with van der Waals surface area (Å²) in [5, 5.41) is 0.780. The topological polar surface area (TPSA) is 19.0 Å². The van der Waals surface area contributed by atoms with Gasteiger partial charge in [-0.15, -0.1) is 0 Å². The molecule has 2 saturated carbocycles. The predicted molar refractivity (Wildman–Crippen MR) is 296 cm³/mol. The molecule has 2 aliphatic heterocycles. The van der Waals surface area contributed by atoms with Gasteiger partial charge in [-0.2, -0.15) is 0 Å². The summed E-state index contributed by atoms with van der Waals surface area (Å²) in [6.45, 7) is 37.5. The maximum Gasteiger partial charge on any atom is 0.116 e. The zero-order valence-electron chi connectivity index (χ0n) is 45.2. The van der Waals surface area contributed by atoms with Crippen molar-refractivity contribution in [3.05, 3.63) is 148 Å². The van der Waals surface area contributed by atoms with Crippen LogP contribution in [0.1, 0.15) is 190 Å². The Bertz CT molecular complexity index is 2700. The quantitative estimate of drug-likeness (QED) is 0.162. The molecule has 4 atom stereocenters. The third-order valence-corrected chi connectivity index (χ3v) is 18.1. The van der Waals surface area contributed by atoms with Crippen molar-refractivity contribution in [2.75, 3.05) is 14.7 Å². The first-order valence-corrected chi connectivity index (χ1v) is 26.6. The van der Waals surface area contributed by atoms with Gasteiger partial charge < -0.3 is 19.4 Å². The number of nitrogens with zero attached hydrogens (tertiary/aromatic N) is 3. The van der Waals surface area contributed by atoms with E-state index in [1.807, 2.05) is 0 Å². The van der Waals surface area contributed by atoms with Gasteiger partial charge in [-0.1, -0.05) is 164 Å². The minimum Gasteiger partial charge on any atom is -0.492 e. The Kier molecular flexibility index (Phi) is 11.9. The van der Waals surface area contributed by atoms with E-state index < -0.39 is 0 Å². The molecule has 5 aromatic rings. The van der Waals surface area contributed by atoms with E-state index in [-0.39, 0.29) is 43.6 Å². The number of halogens is 1. The molecule has 0 amide bonds. The molecule has 0 saturated heterocycles. The lowest BCUT2D eigenvalue weighted by atomic mass is 9.61. The second-order valence-corrected chi connectivity index (χ2v) is 26.8. The first-order valence-electron chi connectivity index (χ1n) is 26.2. The Morgan fingerprint density at radius 2 is 0.899 bits per heavy atom. The highest BCUT2D eigenvalue weighted by atomic mass is 35.5. The van der Waals surface area contributed by atoms with Crippen LogP contribution in [-0.4, -0.2) is 11.1 Å². The SMILES string of the molecule is CC(C)(C)c1ccc(N(C2=COC3(C)CCCCC23C)c2cc(C(C)(C)C)cc(N3c4ccc(N(c5ccc(C(C)(C)C)cc5)c5ccc(C(C)(C)C)cc5)cc4C4(C)CCCCC34C)c2Cl)cc1. The Hall–Kier alpha value is -4.67. The van der Waals surface area contributed by atoms with E-state index in [9.17, 15) is 0 Å². The van der Waals surface area contributed by atoms with Crippen LogP contribution < -0.4 is 14.7 Å². The van der Waals surface area contributed by atoms with Crippen molar-refractivity contribution in [2.45, 2.75) is 200 Å². The molecule has 9 rings (SSSR count). The smallest absolute Gasteiger partial charge is 0.116 e. The van der Waals surface area contributed by atoms with Crippen LogP contribution in [0.3, 0.4) is 0 Å². The van der Waals surface area contributed by atoms with Crippen molar-refractivity contribution < 1.29 is 4.74 Å². The molecule has 366 valence electrons. The van der Waals surface area contributed by atoms with E-state index in [2.05, 4.69) is 235 Å². The molecule has 2 heterocycles. The van der Waals surface area contributed by atoms with E-state index in [4.69, 9.17) is 16.3 Å². The van der Waals surface area contributed by atoms with Crippen LogP contribution in [0, 0.1) is 5.41 Å². The molecule has 0 N–H and O–H groups in total. The molecule has 0 bridgehead atoms. The van der Waals surface area contributed by atoms with Gasteiger partial charge in [0.05, 0.1) is 33.0 Å². The lowest BCUT2D eigenvalue weighted by Gasteiger charge is -2.51.